The van der Waals surface area contributed by atoms with Crippen molar-refractivity contribution in [3.05, 3.63) is 34.1 Å². The van der Waals surface area contributed by atoms with Crippen molar-refractivity contribution >= 4 is 27.8 Å². The molecule has 17 heavy (non-hydrogen) atoms. The second-order valence-electron chi connectivity index (χ2n) is 3.09. The molecule has 0 heterocycles. The molecule has 1 aromatic rings. The first kappa shape index (κ1) is 13.6. The third-order valence-corrected chi connectivity index (χ3v) is 2.70. The number of hydrogen-bond donors (Lipinski definition) is 1. The molecular weight excluding hydrogens is 293 g/mol. The van der Waals surface area contributed by atoms with Gasteiger partial charge in [0.1, 0.15) is 12.4 Å². The minimum Gasteiger partial charge on any atom is -0.465 e. The molecule has 1 amide bonds. The Morgan fingerprint density at radius 2 is 2.18 bits per heavy atom. The maximum Gasteiger partial charge on any atom is 0.325 e. The Bertz CT molecular complexity index is 437. The van der Waals surface area contributed by atoms with Gasteiger partial charge in [-0.25, -0.2) is 4.39 Å². The first-order chi connectivity index (χ1) is 8.06. The van der Waals surface area contributed by atoms with Gasteiger partial charge in [-0.2, -0.15) is 0 Å². The number of benzene rings is 1. The monoisotopic (exact) mass is 303 g/mol. The maximum absolute atomic E-state index is 13.1. The van der Waals surface area contributed by atoms with E-state index in [1.54, 1.807) is 6.92 Å². The van der Waals surface area contributed by atoms with Gasteiger partial charge in [0.25, 0.3) is 5.91 Å². The number of nitrogens with one attached hydrogen (secondary N) is 1. The zero-order chi connectivity index (χ0) is 12.8. The Morgan fingerprint density at radius 3 is 2.82 bits per heavy atom. The summed E-state index contributed by atoms with van der Waals surface area (Å²) in [4.78, 5) is 22.6. The molecule has 0 fully saturated rings. The van der Waals surface area contributed by atoms with E-state index < -0.39 is 17.7 Å². The van der Waals surface area contributed by atoms with Crippen LogP contribution >= 0.6 is 15.9 Å². The predicted molar refractivity (Wildman–Crippen MR) is 63.1 cm³/mol. The molecule has 1 rings (SSSR count). The van der Waals surface area contributed by atoms with Gasteiger partial charge in [-0.15, -0.1) is 0 Å². The highest BCUT2D eigenvalue weighted by molar-refractivity contribution is 9.10. The van der Waals surface area contributed by atoms with Crippen LogP contribution in [0, 0.1) is 5.82 Å². The van der Waals surface area contributed by atoms with E-state index in [0.717, 1.165) is 0 Å². The van der Waals surface area contributed by atoms with Gasteiger partial charge in [0.2, 0.25) is 0 Å². The van der Waals surface area contributed by atoms with Gasteiger partial charge in [0.05, 0.1) is 16.6 Å². The van der Waals surface area contributed by atoms with Crippen molar-refractivity contribution in [3.8, 4) is 0 Å². The van der Waals surface area contributed by atoms with Crippen LogP contribution in [0.4, 0.5) is 4.39 Å². The van der Waals surface area contributed by atoms with Gasteiger partial charge >= 0.3 is 5.97 Å². The van der Waals surface area contributed by atoms with Crippen LogP contribution in [0.3, 0.4) is 0 Å². The van der Waals surface area contributed by atoms with E-state index in [9.17, 15) is 14.0 Å². The standard InChI is InChI=1S/C11H11BrFNO3/c1-2-17-9(15)6-14-11(16)7-4-3-5-8(13)10(7)12/h3-5H,2,6H2,1H3,(H,14,16). The summed E-state index contributed by atoms with van der Waals surface area (Å²) in [5.41, 5.74) is 0.134. The summed E-state index contributed by atoms with van der Waals surface area (Å²) < 4.78 is 17.9. The summed E-state index contributed by atoms with van der Waals surface area (Å²) in [5.74, 6) is -1.61. The lowest BCUT2D eigenvalue weighted by Crippen LogP contribution is -2.30. The molecule has 0 spiro atoms. The number of carbonyl (C=O) groups is 2. The molecule has 92 valence electrons. The quantitative estimate of drug-likeness (QED) is 0.864. The minimum absolute atomic E-state index is 0.0707. The van der Waals surface area contributed by atoms with Crippen LogP contribution in [0.15, 0.2) is 22.7 Å². The average Bonchev–Trinajstić information content (AvgIpc) is 2.30. The van der Waals surface area contributed by atoms with Crippen LogP contribution in [0.5, 0.6) is 0 Å². The molecule has 0 atom stereocenters. The molecular formula is C11H11BrFNO3. The maximum atomic E-state index is 13.1. The van der Waals surface area contributed by atoms with Gasteiger partial charge in [0, 0.05) is 0 Å². The van der Waals surface area contributed by atoms with Gasteiger partial charge < -0.3 is 10.1 Å². The third-order valence-electron chi connectivity index (χ3n) is 1.89. The number of hydrogen-bond acceptors (Lipinski definition) is 3. The molecule has 0 aliphatic carbocycles. The van der Waals surface area contributed by atoms with Gasteiger partial charge in [0.15, 0.2) is 0 Å². The predicted octanol–water partition coefficient (Wildman–Crippen LogP) is 1.88. The average molecular weight is 304 g/mol. The highest BCUT2D eigenvalue weighted by Crippen LogP contribution is 2.19. The lowest BCUT2D eigenvalue weighted by molar-refractivity contribution is -0.141. The highest BCUT2D eigenvalue weighted by atomic mass is 79.9. The molecule has 4 nitrogen and oxygen atoms in total. The Balaban J connectivity index is 2.64. The lowest BCUT2D eigenvalue weighted by atomic mass is 10.2. The fourth-order valence-electron chi connectivity index (χ4n) is 1.14. The number of ether oxygens (including phenoxy) is 1. The fourth-order valence-corrected chi connectivity index (χ4v) is 1.58. The van der Waals surface area contributed by atoms with Crippen LogP contribution in [0.2, 0.25) is 0 Å². The molecule has 0 bridgehead atoms. The normalized spacial score (nSPS) is 9.82. The van der Waals surface area contributed by atoms with E-state index in [2.05, 4.69) is 26.0 Å². The van der Waals surface area contributed by atoms with Crippen molar-refractivity contribution < 1.29 is 18.7 Å². The highest BCUT2D eigenvalue weighted by Gasteiger charge is 2.13. The largest absolute Gasteiger partial charge is 0.465 e. The van der Waals surface area contributed by atoms with Gasteiger partial charge in [-0.1, -0.05) is 6.07 Å². The van der Waals surface area contributed by atoms with Crippen LogP contribution in [0.1, 0.15) is 17.3 Å². The molecule has 0 unspecified atom stereocenters. The van der Waals surface area contributed by atoms with Crippen molar-refractivity contribution in [1.29, 1.82) is 0 Å². The van der Waals surface area contributed by atoms with Crippen LogP contribution in [0.25, 0.3) is 0 Å². The molecule has 1 aromatic carbocycles. The topological polar surface area (TPSA) is 55.4 Å². The number of halogens is 2. The smallest absolute Gasteiger partial charge is 0.325 e. The molecule has 1 N–H and O–H groups in total. The van der Waals surface area contributed by atoms with Crippen molar-refractivity contribution in [1.82, 2.24) is 5.32 Å². The van der Waals surface area contributed by atoms with Crippen molar-refractivity contribution in [2.75, 3.05) is 13.2 Å². The van der Waals surface area contributed by atoms with E-state index >= 15 is 0 Å². The number of carbonyl (C=O) groups excluding carboxylic acids is 2. The number of esters is 1. The van der Waals surface area contributed by atoms with Crippen molar-refractivity contribution in [2.45, 2.75) is 6.92 Å². The molecule has 0 radical (unpaired) electrons. The second-order valence-corrected chi connectivity index (χ2v) is 3.88. The SMILES string of the molecule is CCOC(=O)CNC(=O)c1cccc(F)c1Br. The second kappa shape index (κ2) is 6.34. The van der Waals surface area contributed by atoms with E-state index in [1.165, 1.54) is 18.2 Å². The van der Waals surface area contributed by atoms with E-state index in [-0.39, 0.29) is 23.2 Å². The van der Waals surface area contributed by atoms with Gasteiger partial charge in [-0.3, -0.25) is 9.59 Å². The first-order valence-corrected chi connectivity index (χ1v) is 5.73. The summed E-state index contributed by atoms with van der Waals surface area (Å²) in [7, 11) is 0. The molecule has 0 saturated heterocycles. The van der Waals surface area contributed by atoms with Crippen molar-refractivity contribution in [3.63, 3.8) is 0 Å². The van der Waals surface area contributed by atoms with Crippen LogP contribution < -0.4 is 5.32 Å². The summed E-state index contributed by atoms with van der Waals surface area (Å²) in [6.07, 6.45) is 0. The molecule has 0 aromatic heterocycles. The Labute approximate surface area is 106 Å². The van der Waals surface area contributed by atoms with E-state index in [0.29, 0.717) is 0 Å². The van der Waals surface area contributed by atoms with E-state index in [1.807, 2.05) is 0 Å². The zero-order valence-corrected chi connectivity index (χ0v) is 10.7. The summed E-state index contributed by atoms with van der Waals surface area (Å²) in [5, 5.41) is 2.34. The molecule has 0 aliphatic heterocycles. The summed E-state index contributed by atoms with van der Waals surface area (Å²) >= 11 is 2.97. The van der Waals surface area contributed by atoms with Crippen molar-refractivity contribution in [2.24, 2.45) is 0 Å². The Hall–Kier alpha value is -1.43. The number of rotatable bonds is 4. The Kier molecular flexibility index (Phi) is 5.09. The van der Waals surface area contributed by atoms with E-state index in [4.69, 9.17) is 0 Å². The molecule has 0 saturated carbocycles. The van der Waals surface area contributed by atoms with Gasteiger partial charge in [-0.05, 0) is 35.0 Å². The lowest BCUT2D eigenvalue weighted by Gasteiger charge is -2.06. The minimum atomic E-state index is -0.538. The molecule has 0 aliphatic rings. The molecule has 6 heteroatoms. The summed E-state index contributed by atoms with van der Waals surface area (Å²) in [6, 6.07) is 4.10. The first-order valence-electron chi connectivity index (χ1n) is 4.94. The fraction of sp³-hybridized carbons (Fsp3) is 0.273. The number of amides is 1. The van der Waals surface area contributed by atoms with Crippen LogP contribution in [-0.2, 0) is 9.53 Å². The summed E-state index contributed by atoms with van der Waals surface area (Å²) in [6.45, 7) is 1.68. The third kappa shape index (κ3) is 3.81. The van der Waals surface area contributed by atoms with Crippen LogP contribution in [-0.4, -0.2) is 25.0 Å². The Morgan fingerprint density at radius 1 is 1.47 bits per heavy atom. The zero-order valence-electron chi connectivity index (χ0n) is 9.13.